The van der Waals surface area contributed by atoms with Gasteiger partial charge in [-0.15, -0.1) is 0 Å². The molecule has 0 N–H and O–H groups in total. The van der Waals surface area contributed by atoms with Gasteiger partial charge in [0, 0.05) is 10.9 Å². The van der Waals surface area contributed by atoms with E-state index in [0.29, 0.717) is 16.5 Å². The Kier molecular flexibility index (Phi) is 5.10. The lowest BCUT2D eigenvalue weighted by atomic mass is 9.98. The molecule has 4 rings (SSSR count). The van der Waals surface area contributed by atoms with E-state index in [1.165, 1.54) is 5.56 Å². The fraction of sp³-hybridized carbons (Fsp3) is 0.0741. The number of fused-ring (bicyclic) bond motifs is 1. The third kappa shape index (κ3) is 3.88. The van der Waals surface area contributed by atoms with Crippen molar-refractivity contribution in [2.45, 2.75) is 13.3 Å². The van der Waals surface area contributed by atoms with Gasteiger partial charge in [-0.1, -0.05) is 61.2 Å². The van der Waals surface area contributed by atoms with E-state index < -0.39 is 0 Å². The molecule has 0 atom stereocenters. The first-order valence-electron chi connectivity index (χ1n) is 9.51. The highest BCUT2D eigenvalue weighted by Gasteiger charge is 2.07. The SMILES string of the molecule is CCc1ccc(-c2ccc3c(F)c(C#Cc4ccc(C#N)cc4)ccc3c2)cc1. The number of halogens is 1. The number of hydrogen-bond donors (Lipinski definition) is 0. The van der Waals surface area contributed by atoms with E-state index in [-0.39, 0.29) is 5.82 Å². The van der Waals surface area contributed by atoms with E-state index in [2.05, 4.69) is 49.1 Å². The second-order valence-corrected chi connectivity index (χ2v) is 6.85. The predicted octanol–water partition coefficient (Wildman–Crippen LogP) is 6.48. The first kappa shape index (κ1) is 18.5. The maximum atomic E-state index is 15.0. The van der Waals surface area contributed by atoms with Crippen molar-refractivity contribution in [3.63, 3.8) is 0 Å². The van der Waals surface area contributed by atoms with Gasteiger partial charge in [0.1, 0.15) is 5.82 Å². The fourth-order valence-corrected chi connectivity index (χ4v) is 3.27. The summed E-state index contributed by atoms with van der Waals surface area (Å²) in [6, 6.07) is 26.9. The molecule has 0 amide bonds. The van der Waals surface area contributed by atoms with Gasteiger partial charge in [0.2, 0.25) is 0 Å². The van der Waals surface area contributed by atoms with Crippen LogP contribution in [0.5, 0.6) is 0 Å². The molecule has 0 unspecified atom stereocenters. The zero-order chi connectivity index (χ0) is 20.2. The minimum atomic E-state index is -0.309. The second-order valence-electron chi connectivity index (χ2n) is 6.85. The van der Waals surface area contributed by atoms with Gasteiger partial charge in [-0.2, -0.15) is 5.26 Å². The summed E-state index contributed by atoms with van der Waals surface area (Å²) in [7, 11) is 0. The van der Waals surface area contributed by atoms with Gasteiger partial charge in [0.15, 0.2) is 0 Å². The summed E-state index contributed by atoms with van der Waals surface area (Å²) in [6.07, 6.45) is 1.01. The summed E-state index contributed by atoms with van der Waals surface area (Å²) in [5.74, 6) is 5.57. The Balaban J connectivity index is 1.67. The Bertz CT molecular complexity index is 1280. The molecule has 0 fully saturated rings. The maximum absolute atomic E-state index is 15.0. The highest BCUT2D eigenvalue weighted by molar-refractivity contribution is 5.89. The Morgan fingerprint density at radius 3 is 2.14 bits per heavy atom. The molecule has 1 nitrogen and oxygen atoms in total. The first-order chi connectivity index (χ1) is 14.2. The molecule has 0 aliphatic carbocycles. The van der Waals surface area contributed by atoms with Crippen molar-refractivity contribution in [2.24, 2.45) is 0 Å². The molecule has 0 saturated carbocycles. The Morgan fingerprint density at radius 2 is 1.45 bits per heavy atom. The van der Waals surface area contributed by atoms with Crippen LogP contribution in [0.3, 0.4) is 0 Å². The topological polar surface area (TPSA) is 23.8 Å². The average Bonchev–Trinajstić information content (AvgIpc) is 2.79. The molecule has 4 aromatic carbocycles. The summed E-state index contributed by atoms with van der Waals surface area (Å²) in [5, 5.41) is 10.3. The van der Waals surface area contributed by atoms with Crippen LogP contribution in [0.25, 0.3) is 21.9 Å². The van der Waals surface area contributed by atoms with E-state index >= 15 is 0 Å². The summed E-state index contributed by atoms with van der Waals surface area (Å²) >= 11 is 0. The lowest BCUT2D eigenvalue weighted by molar-refractivity contribution is 0.636. The van der Waals surface area contributed by atoms with Gasteiger partial charge in [0.25, 0.3) is 0 Å². The summed E-state index contributed by atoms with van der Waals surface area (Å²) < 4.78 is 15.0. The summed E-state index contributed by atoms with van der Waals surface area (Å²) in [6.45, 7) is 2.13. The number of hydrogen-bond acceptors (Lipinski definition) is 1. The highest BCUT2D eigenvalue weighted by atomic mass is 19.1. The molecule has 0 aliphatic heterocycles. The summed E-state index contributed by atoms with van der Waals surface area (Å²) in [4.78, 5) is 0. The number of nitriles is 1. The molecule has 0 heterocycles. The number of nitrogens with zero attached hydrogens (tertiary/aromatic N) is 1. The monoisotopic (exact) mass is 375 g/mol. The molecule has 0 aromatic heterocycles. The first-order valence-corrected chi connectivity index (χ1v) is 9.51. The standard InChI is InChI=1S/C27H18FN/c1-2-19-7-10-22(11-8-19)24-15-16-26-25(17-24)14-13-23(27(26)28)12-9-20-3-5-21(18-29)6-4-20/h3-8,10-11,13-17H,2H2,1H3. The van der Waals surface area contributed by atoms with Crippen LogP contribution >= 0.6 is 0 Å². The van der Waals surface area contributed by atoms with Crippen LogP contribution in [-0.4, -0.2) is 0 Å². The summed E-state index contributed by atoms with van der Waals surface area (Å²) in [5.41, 5.74) is 5.17. The predicted molar refractivity (Wildman–Crippen MR) is 116 cm³/mol. The Labute approximate surface area is 170 Å². The van der Waals surface area contributed by atoms with Crippen LogP contribution < -0.4 is 0 Å². The lowest BCUT2D eigenvalue weighted by Gasteiger charge is -2.07. The highest BCUT2D eigenvalue weighted by Crippen LogP contribution is 2.27. The van der Waals surface area contributed by atoms with Gasteiger partial charge in [0.05, 0.1) is 17.2 Å². The number of aryl methyl sites for hydroxylation is 1. The van der Waals surface area contributed by atoms with Crippen molar-refractivity contribution in [3.8, 4) is 29.0 Å². The molecular weight excluding hydrogens is 357 g/mol. The molecule has 0 bridgehead atoms. The lowest BCUT2D eigenvalue weighted by Crippen LogP contribution is -1.88. The van der Waals surface area contributed by atoms with E-state index in [1.54, 1.807) is 30.3 Å². The Hall–Kier alpha value is -3.88. The third-order valence-electron chi connectivity index (χ3n) is 5.01. The van der Waals surface area contributed by atoms with Crippen molar-refractivity contribution in [1.29, 1.82) is 5.26 Å². The van der Waals surface area contributed by atoms with Gasteiger partial charge < -0.3 is 0 Å². The van der Waals surface area contributed by atoms with E-state index in [9.17, 15) is 4.39 Å². The molecule has 138 valence electrons. The van der Waals surface area contributed by atoms with Crippen LogP contribution in [-0.2, 0) is 6.42 Å². The van der Waals surface area contributed by atoms with Crippen LogP contribution in [0.4, 0.5) is 4.39 Å². The molecule has 29 heavy (non-hydrogen) atoms. The van der Waals surface area contributed by atoms with Crippen molar-refractivity contribution in [2.75, 3.05) is 0 Å². The quantitative estimate of drug-likeness (QED) is 0.368. The third-order valence-corrected chi connectivity index (χ3v) is 5.01. The van der Waals surface area contributed by atoms with Crippen LogP contribution in [0.15, 0.2) is 78.9 Å². The van der Waals surface area contributed by atoms with Crippen molar-refractivity contribution >= 4 is 10.8 Å². The largest absolute Gasteiger partial charge is 0.205 e. The fourth-order valence-electron chi connectivity index (χ4n) is 3.27. The molecule has 0 spiro atoms. The van der Waals surface area contributed by atoms with Crippen molar-refractivity contribution in [3.05, 3.63) is 107 Å². The second kappa shape index (κ2) is 8.01. The van der Waals surface area contributed by atoms with E-state index in [0.717, 1.165) is 28.5 Å². The average molecular weight is 375 g/mol. The maximum Gasteiger partial charge on any atom is 0.146 e. The normalized spacial score (nSPS) is 10.2. The Morgan fingerprint density at radius 1 is 0.759 bits per heavy atom. The van der Waals surface area contributed by atoms with Gasteiger partial charge in [-0.3, -0.25) is 0 Å². The van der Waals surface area contributed by atoms with Gasteiger partial charge in [-0.25, -0.2) is 4.39 Å². The molecule has 4 aromatic rings. The minimum absolute atomic E-state index is 0.309. The van der Waals surface area contributed by atoms with Crippen LogP contribution in [0.1, 0.15) is 29.2 Å². The van der Waals surface area contributed by atoms with E-state index in [4.69, 9.17) is 5.26 Å². The van der Waals surface area contributed by atoms with E-state index in [1.807, 2.05) is 24.3 Å². The number of benzene rings is 4. The van der Waals surface area contributed by atoms with Gasteiger partial charge >= 0.3 is 0 Å². The smallest absolute Gasteiger partial charge is 0.146 e. The number of rotatable bonds is 2. The molecule has 0 aliphatic rings. The molecule has 0 saturated heterocycles. The molecule has 2 heteroatoms. The van der Waals surface area contributed by atoms with Crippen molar-refractivity contribution < 1.29 is 4.39 Å². The molecule has 0 radical (unpaired) electrons. The zero-order valence-corrected chi connectivity index (χ0v) is 16.0. The van der Waals surface area contributed by atoms with Gasteiger partial charge in [-0.05, 0) is 64.9 Å². The minimum Gasteiger partial charge on any atom is -0.205 e. The van der Waals surface area contributed by atoms with Crippen LogP contribution in [0, 0.1) is 29.0 Å². The van der Waals surface area contributed by atoms with Crippen LogP contribution in [0.2, 0.25) is 0 Å². The molecular formula is C27H18FN. The zero-order valence-electron chi connectivity index (χ0n) is 16.0. The van der Waals surface area contributed by atoms with Crippen molar-refractivity contribution in [1.82, 2.24) is 0 Å².